The molecule has 0 amide bonds. The van der Waals surface area contributed by atoms with Crippen molar-refractivity contribution in [3.63, 3.8) is 0 Å². The average molecular weight is 374 g/mol. The first-order chi connectivity index (χ1) is 10.1. The normalized spacial score (nSPS) is 20.9. The fourth-order valence-corrected chi connectivity index (χ4v) is 5.06. The molecule has 2 fully saturated rings. The van der Waals surface area contributed by atoms with E-state index in [0.717, 1.165) is 38.8 Å². The van der Waals surface area contributed by atoms with Crippen molar-refractivity contribution in [1.82, 2.24) is 14.6 Å². The van der Waals surface area contributed by atoms with Gasteiger partial charge in [-0.15, -0.1) is 0 Å². The van der Waals surface area contributed by atoms with Crippen molar-refractivity contribution in [3.8, 4) is 0 Å². The van der Waals surface area contributed by atoms with E-state index in [1.807, 2.05) is 0 Å². The average Bonchev–Trinajstić information content (AvgIpc) is 3.30. The molecule has 21 heavy (non-hydrogen) atoms. The highest BCUT2D eigenvalue weighted by Gasteiger charge is 2.39. The zero-order chi connectivity index (χ0) is 14.9. The first kappa shape index (κ1) is 15.4. The van der Waals surface area contributed by atoms with Crippen LogP contribution in [0.15, 0.2) is 27.8 Å². The fraction of sp³-hybridized carbons (Fsp3) is 0.643. The predicted octanol–water partition coefficient (Wildman–Crippen LogP) is 2.00. The predicted molar refractivity (Wildman–Crippen MR) is 84.4 cm³/mol. The van der Waals surface area contributed by atoms with Crippen molar-refractivity contribution >= 4 is 26.0 Å². The van der Waals surface area contributed by atoms with Gasteiger partial charge in [-0.1, -0.05) is 0 Å². The number of aromatic nitrogens is 1. The quantitative estimate of drug-likeness (QED) is 0.857. The van der Waals surface area contributed by atoms with Crippen molar-refractivity contribution in [2.75, 3.05) is 19.6 Å². The van der Waals surface area contributed by atoms with Gasteiger partial charge >= 0.3 is 0 Å². The summed E-state index contributed by atoms with van der Waals surface area (Å²) in [4.78, 5) is 4.29. The topological polar surface area (TPSA) is 62.3 Å². The molecule has 1 aliphatic heterocycles. The lowest BCUT2D eigenvalue weighted by atomic mass is 9.98. The molecular formula is C14H20BrN3O2S. The Kier molecular flexibility index (Phi) is 4.63. The van der Waals surface area contributed by atoms with Gasteiger partial charge in [-0.05, 0) is 66.7 Å². The summed E-state index contributed by atoms with van der Waals surface area (Å²) in [6.07, 6.45) is 7.10. The highest BCUT2D eigenvalue weighted by Crippen LogP contribution is 2.34. The van der Waals surface area contributed by atoms with Crippen LogP contribution >= 0.6 is 15.9 Å². The second-order valence-electron chi connectivity index (χ2n) is 5.84. The Labute approximate surface area is 134 Å². The first-order valence-electron chi connectivity index (χ1n) is 7.40. The van der Waals surface area contributed by atoms with E-state index in [1.54, 1.807) is 16.6 Å². The zero-order valence-electron chi connectivity index (χ0n) is 11.8. The molecule has 1 aliphatic carbocycles. The second kappa shape index (κ2) is 6.32. The van der Waals surface area contributed by atoms with Crippen molar-refractivity contribution in [1.29, 1.82) is 0 Å². The summed E-state index contributed by atoms with van der Waals surface area (Å²) >= 11 is 3.30. The van der Waals surface area contributed by atoms with Crippen LogP contribution in [0.25, 0.3) is 0 Å². The molecule has 7 heteroatoms. The third-order valence-electron chi connectivity index (χ3n) is 4.14. The number of nitrogens with one attached hydrogen (secondary N) is 1. The molecule has 0 bridgehead atoms. The molecule has 1 saturated carbocycles. The van der Waals surface area contributed by atoms with Gasteiger partial charge in [-0.3, -0.25) is 4.98 Å². The SMILES string of the molecule is O=S(=O)(c1cncc(Br)c1)N(CC1CCNCC1)C1CC1. The van der Waals surface area contributed by atoms with E-state index >= 15 is 0 Å². The molecule has 0 atom stereocenters. The van der Waals surface area contributed by atoms with Crippen LogP contribution in [-0.4, -0.2) is 43.4 Å². The van der Waals surface area contributed by atoms with Crippen LogP contribution in [0.4, 0.5) is 0 Å². The monoisotopic (exact) mass is 373 g/mol. The maximum Gasteiger partial charge on any atom is 0.244 e. The lowest BCUT2D eigenvalue weighted by molar-refractivity contribution is 0.283. The smallest absolute Gasteiger partial charge is 0.244 e. The lowest BCUT2D eigenvalue weighted by Gasteiger charge is -2.29. The fourth-order valence-electron chi connectivity index (χ4n) is 2.79. The van der Waals surface area contributed by atoms with Crippen LogP contribution in [0.3, 0.4) is 0 Å². The molecule has 0 spiro atoms. The maximum atomic E-state index is 12.9. The third-order valence-corrected chi connectivity index (χ3v) is 6.45. The van der Waals surface area contributed by atoms with Crippen LogP contribution < -0.4 is 5.32 Å². The molecule has 0 radical (unpaired) electrons. The Morgan fingerprint density at radius 2 is 1.95 bits per heavy atom. The summed E-state index contributed by atoms with van der Waals surface area (Å²) in [5.41, 5.74) is 0. The van der Waals surface area contributed by atoms with Crippen molar-refractivity contribution in [3.05, 3.63) is 22.9 Å². The van der Waals surface area contributed by atoms with Crippen LogP contribution in [0.5, 0.6) is 0 Å². The molecule has 116 valence electrons. The van der Waals surface area contributed by atoms with Gasteiger partial charge in [0.15, 0.2) is 0 Å². The van der Waals surface area contributed by atoms with E-state index < -0.39 is 10.0 Å². The summed E-state index contributed by atoms with van der Waals surface area (Å²) in [7, 11) is -3.44. The van der Waals surface area contributed by atoms with E-state index in [9.17, 15) is 8.42 Å². The van der Waals surface area contributed by atoms with Gasteiger partial charge in [0, 0.05) is 29.5 Å². The summed E-state index contributed by atoms with van der Waals surface area (Å²) in [5.74, 6) is 0.460. The highest BCUT2D eigenvalue weighted by atomic mass is 79.9. The largest absolute Gasteiger partial charge is 0.317 e. The minimum absolute atomic E-state index is 0.184. The number of rotatable bonds is 5. The van der Waals surface area contributed by atoms with Gasteiger partial charge in [-0.2, -0.15) is 4.31 Å². The number of nitrogens with zero attached hydrogens (tertiary/aromatic N) is 2. The van der Waals surface area contributed by atoms with Crippen molar-refractivity contribution in [2.45, 2.75) is 36.6 Å². The minimum atomic E-state index is -3.44. The third kappa shape index (κ3) is 3.64. The Morgan fingerprint density at radius 3 is 2.57 bits per heavy atom. The van der Waals surface area contributed by atoms with Gasteiger partial charge in [0.25, 0.3) is 0 Å². The van der Waals surface area contributed by atoms with E-state index in [2.05, 4.69) is 26.2 Å². The van der Waals surface area contributed by atoms with Gasteiger partial charge in [0.2, 0.25) is 10.0 Å². The first-order valence-corrected chi connectivity index (χ1v) is 9.64. The molecule has 1 N–H and O–H groups in total. The molecule has 2 heterocycles. The number of hydrogen-bond donors (Lipinski definition) is 1. The maximum absolute atomic E-state index is 12.9. The highest BCUT2D eigenvalue weighted by molar-refractivity contribution is 9.10. The lowest BCUT2D eigenvalue weighted by Crippen LogP contribution is -2.40. The van der Waals surface area contributed by atoms with Crippen molar-refractivity contribution < 1.29 is 8.42 Å². The molecule has 0 aromatic carbocycles. The van der Waals surface area contributed by atoms with Gasteiger partial charge in [0.1, 0.15) is 4.90 Å². The minimum Gasteiger partial charge on any atom is -0.317 e. The molecule has 3 rings (SSSR count). The molecule has 1 aromatic heterocycles. The number of sulfonamides is 1. The molecule has 1 aromatic rings. The molecule has 0 unspecified atom stereocenters. The Bertz CT molecular complexity index is 598. The van der Waals surface area contributed by atoms with E-state index in [-0.39, 0.29) is 10.9 Å². The van der Waals surface area contributed by atoms with E-state index in [0.29, 0.717) is 16.9 Å². The molecule has 2 aliphatic rings. The summed E-state index contributed by atoms with van der Waals surface area (Å²) in [6, 6.07) is 1.82. The molecule has 1 saturated heterocycles. The summed E-state index contributed by atoms with van der Waals surface area (Å²) in [5, 5.41) is 3.33. The zero-order valence-corrected chi connectivity index (χ0v) is 14.2. The van der Waals surface area contributed by atoms with Crippen molar-refractivity contribution in [2.24, 2.45) is 5.92 Å². The van der Waals surface area contributed by atoms with Crippen LogP contribution in [-0.2, 0) is 10.0 Å². The molecular weight excluding hydrogens is 354 g/mol. The van der Waals surface area contributed by atoms with E-state index in [1.165, 1.54) is 6.20 Å². The summed E-state index contributed by atoms with van der Waals surface area (Å²) < 4.78 is 28.2. The summed E-state index contributed by atoms with van der Waals surface area (Å²) in [6.45, 7) is 2.62. The van der Waals surface area contributed by atoms with Gasteiger partial charge < -0.3 is 5.32 Å². The van der Waals surface area contributed by atoms with Gasteiger partial charge in [0.05, 0.1) is 0 Å². The van der Waals surface area contributed by atoms with Crippen LogP contribution in [0.2, 0.25) is 0 Å². The number of halogens is 1. The van der Waals surface area contributed by atoms with Crippen LogP contribution in [0.1, 0.15) is 25.7 Å². The standard InChI is InChI=1S/C14H20BrN3O2S/c15-12-7-14(9-17-8-12)21(19,20)18(13-1-2-13)10-11-3-5-16-6-4-11/h7-9,11,13,16H,1-6,10H2. The Hall–Kier alpha value is -0.500. The number of piperidine rings is 1. The number of hydrogen-bond acceptors (Lipinski definition) is 4. The van der Waals surface area contributed by atoms with Crippen LogP contribution in [0, 0.1) is 5.92 Å². The second-order valence-corrected chi connectivity index (χ2v) is 8.64. The van der Waals surface area contributed by atoms with E-state index in [4.69, 9.17) is 0 Å². The Morgan fingerprint density at radius 1 is 1.24 bits per heavy atom. The molecule has 5 nitrogen and oxygen atoms in total. The van der Waals surface area contributed by atoms with Gasteiger partial charge in [-0.25, -0.2) is 8.42 Å². The Balaban J connectivity index is 1.82. The number of pyridine rings is 1.